The summed E-state index contributed by atoms with van der Waals surface area (Å²) in [7, 11) is 0. The van der Waals surface area contributed by atoms with Gasteiger partial charge in [0.15, 0.2) is 0 Å². The van der Waals surface area contributed by atoms with Crippen LogP contribution in [-0.2, 0) is 0 Å². The second-order valence-corrected chi connectivity index (χ2v) is 5.82. The number of halogens is 3. The largest absolute Gasteiger partial charge is 0.573 e. The summed E-state index contributed by atoms with van der Waals surface area (Å²) in [5, 5.41) is 0.963. The number of alkyl halides is 3. The number of nitrogens with one attached hydrogen (secondary N) is 1. The molecule has 0 fully saturated rings. The van der Waals surface area contributed by atoms with E-state index < -0.39 is 6.36 Å². The van der Waals surface area contributed by atoms with E-state index in [1.165, 1.54) is 24.1 Å². The van der Waals surface area contributed by atoms with Crippen molar-refractivity contribution < 1.29 is 17.9 Å². The third kappa shape index (κ3) is 2.57. The van der Waals surface area contributed by atoms with Gasteiger partial charge in [-0.1, -0.05) is 18.2 Å². The standard InChI is InChI=1S/C16H9F3N2OS/c17-16(18,19)22-10-4-6-13-12(8-10)11-5-3-9-2-1-7-20-14(9)15(11)21-23-13/h1-8,21H. The molecule has 7 heteroatoms. The molecular formula is C16H9F3N2OS. The van der Waals surface area contributed by atoms with Crippen molar-refractivity contribution in [2.75, 3.05) is 4.72 Å². The maximum absolute atomic E-state index is 12.4. The van der Waals surface area contributed by atoms with Crippen LogP contribution in [0.3, 0.4) is 0 Å². The summed E-state index contributed by atoms with van der Waals surface area (Å²) < 4.78 is 44.5. The van der Waals surface area contributed by atoms with E-state index in [2.05, 4.69) is 14.4 Å². The van der Waals surface area contributed by atoms with Crippen molar-refractivity contribution in [2.45, 2.75) is 11.3 Å². The number of rotatable bonds is 1. The molecule has 1 N–H and O–H groups in total. The van der Waals surface area contributed by atoms with Gasteiger partial charge in [0.05, 0.1) is 11.2 Å². The molecule has 0 bridgehead atoms. The predicted molar refractivity (Wildman–Crippen MR) is 83.3 cm³/mol. The molecule has 0 radical (unpaired) electrons. The van der Waals surface area contributed by atoms with Crippen LogP contribution in [0.5, 0.6) is 5.75 Å². The smallest absolute Gasteiger partial charge is 0.406 e. The monoisotopic (exact) mass is 334 g/mol. The Kier molecular flexibility index (Phi) is 3.12. The summed E-state index contributed by atoms with van der Waals surface area (Å²) in [5.74, 6) is -0.231. The molecule has 23 heavy (non-hydrogen) atoms. The lowest BCUT2D eigenvalue weighted by Gasteiger charge is -2.22. The van der Waals surface area contributed by atoms with Gasteiger partial charge < -0.3 is 9.46 Å². The van der Waals surface area contributed by atoms with Gasteiger partial charge in [0.25, 0.3) is 0 Å². The maximum Gasteiger partial charge on any atom is 0.573 e. The summed E-state index contributed by atoms with van der Waals surface area (Å²) >= 11 is 1.35. The van der Waals surface area contributed by atoms with Crippen molar-refractivity contribution in [3.05, 3.63) is 48.7 Å². The number of aromatic nitrogens is 1. The second-order valence-electron chi connectivity index (χ2n) is 4.97. The van der Waals surface area contributed by atoms with Crippen LogP contribution in [0.1, 0.15) is 0 Å². The zero-order valence-electron chi connectivity index (χ0n) is 11.5. The number of fused-ring (bicyclic) bond motifs is 5. The topological polar surface area (TPSA) is 34.1 Å². The van der Waals surface area contributed by atoms with Crippen LogP contribution < -0.4 is 9.46 Å². The Balaban J connectivity index is 1.88. The predicted octanol–water partition coefficient (Wildman–Crippen LogP) is 5.23. The summed E-state index contributed by atoms with van der Waals surface area (Å²) in [6.45, 7) is 0. The van der Waals surface area contributed by atoms with E-state index in [1.54, 1.807) is 12.3 Å². The Morgan fingerprint density at radius 3 is 2.74 bits per heavy atom. The molecule has 1 aromatic heterocycles. The molecule has 0 spiro atoms. The Morgan fingerprint density at radius 1 is 1.04 bits per heavy atom. The van der Waals surface area contributed by atoms with Crippen LogP contribution in [0.25, 0.3) is 22.0 Å². The molecule has 0 atom stereocenters. The van der Waals surface area contributed by atoms with E-state index >= 15 is 0 Å². The SMILES string of the molecule is FC(F)(F)Oc1ccc2c(c1)-c1ccc3cccnc3c1NS2. The average molecular weight is 334 g/mol. The van der Waals surface area contributed by atoms with Crippen LogP contribution >= 0.6 is 11.9 Å². The van der Waals surface area contributed by atoms with Gasteiger partial charge in [-0.15, -0.1) is 13.2 Å². The lowest BCUT2D eigenvalue weighted by atomic mass is 10.0. The Hall–Kier alpha value is -2.41. The Bertz CT molecular complexity index is 911. The molecule has 3 nitrogen and oxygen atoms in total. The number of benzene rings is 2. The van der Waals surface area contributed by atoms with Crippen molar-refractivity contribution in [3.63, 3.8) is 0 Å². The van der Waals surface area contributed by atoms with Crippen molar-refractivity contribution in [1.82, 2.24) is 4.98 Å². The lowest BCUT2D eigenvalue weighted by Crippen LogP contribution is -2.17. The minimum atomic E-state index is -4.71. The highest BCUT2D eigenvalue weighted by molar-refractivity contribution is 8.00. The molecule has 1 aliphatic heterocycles. The number of anilines is 1. The number of ether oxygens (including phenoxy) is 1. The first-order valence-corrected chi connectivity index (χ1v) is 7.54. The molecule has 2 heterocycles. The van der Waals surface area contributed by atoms with E-state index in [0.29, 0.717) is 5.56 Å². The lowest BCUT2D eigenvalue weighted by molar-refractivity contribution is -0.274. The Morgan fingerprint density at radius 2 is 1.91 bits per heavy atom. The van der Waals surface area contributed by atoms with Crippen LogP contribution in [0, 0.1) is 0 Å². The molecule has 0 unspecified atom stereocenters. The van der Waals surface area contributed by atoms with Crippen molar-refractivity contribution in [1.29, 1.82) is 0 Å². The van der Waals surface area contributed by atoms with Gasteiger partial charge in [0.2, 0.25) is 0 Å². The highest BCUT2D eigenvalue weighted by Gasteiger charge is 2.31. The van der Waals surface area contributed by atoms with Crippen LogP contribution in [0.4, 0.5) is 18.9 Å². The average Bonchev–Trinajstić information content (AvgIpc) is 2.52. The highest BCUT2D eigenvalue weighted by atomic mass is 32.2. The Labute approximate surface area is 133 Å². The van der Waals surface area contributed by atoms with Gasteiger partial charge in [-0.05, 0) is 36.2 Å². The van der Waals surface area contributed by atoms with Gasteiger partial charge in [0.1, 0.15) is 5.75 Å². The molecule has 0 amide bonds. The molecule has 3 aromatic rings. The summed E-state index contributed by atoms with van der Waals surface area (Å²) in [6, 6.07) is 11.9. The van der Waals surface area contributed by atoms with E-state index in [4.69, 9.17) is 0 Å². The maximum atomic E-state index is 12.4. The summed E-state index contributed by atoms with van der Waals surface area (Å²) in [6.07, 6.45) is -3.02. The molecule has 2 aromatic carbocycles. The first-order valence-electron chi connectivity index (χ1n) is 6.72. The molecular weight excluding hydrogens is 325 g/mol. The first kappa shape index (κ1) is 14.2. The third-order valence-electron chi connectivity index (χ3n) is 3.51. The normalized spacial score (nSPS) is 13.2. The number of nitrogens with zero attached hydrogens (tertiary/aromatic N) is 1. The van der Waals surface area contributed by atoms with E-state index in [1.807, 2.05) is 24.3 Å². The fraction of sp³-hybridized carbons (Fsp3) is 0.0625. The molecule has 1 aliphatic rings. The fourth-order valence-electron chi connectivity index (χ4n) is 2.58. The first-order chi connectivity index (χ1) is 11.0. The molecule has 0 saturated carbocycles. The van der Waals surface area contributed by atoms with E-state index in [0.717, 1.165) is 27.0 Å². The molecule has 0 aliphatic carbocycles. The van der Waals surface area contributed by atoms with Gasteiger partial charge >= 0.3 is 6.36 Å². The van der Waals surface area contributed by atoms with Gasteiger partial charge in [-0.3, -0.25) is 4.98 Å². The van der Waals surface area contributed by atoms with E-state index in [-0.39, 0.29) is 5.75 Å². The van der Waals surface area contributed by atoms with Crippen molar-refractivity contribution in [2.24, 2.45) is 0 Å². The zero-order chi connectivity index (χ0) is 16.0. The van der Waals surface area contributed by atoms with E-state index in [9.17, 15) is 13.2 Å². The molecule has 116 valence electrons. The minimum Gasteiger partial charge on any atom is -0.406 e. The zero-order valence-corrected chi connectivity index (χ0v) is 12.3. The number of hydrogen-bond donors (Lipinski definition) is 1. The minimum absolute atomic E-state index is 0.231. The van der Waals surface area contributed by atoms with Crippen LogP contribution in [0.2, 0.25) is 0 Å². The van der Waals surface area contributed by atoms with Crippen molar-refractivity contribution in [3.8, 4) is 16.9 Å². The third-order valence-corrected chi connectivity index (χ3v) is 4.39. The van der Waals surface area contributed by atoms with Gasteiger partial charge in [-0.25, -0.2) is 0 Å². The van der Waals surface area contributed by atoms with Crippen LogP contribution in [0.15, 0.2) is 53.6 Å². The molecule has 0 saturated heterocycles. The summed E-state index contributed by atoms with van der Waals surface area (Å²) in [5.41, 5.74) is 3.07. The molecule has 4 rings (SSSR count). The van der Waals surface area contributed by atoms with Gasteiger partial charge in [0, 0.05) is 27.6 Å². The summed E-state index contributed by atoms with van der Waals surface area (Å²) in [4.78, 5) is 5.20. The fourth-order valence-corrected chi connectivity index (χ4v) is 3.42. The number of pyridine rings is 1. The van der Waals surface area contributed by atoms with Crippen molar-refractivity contribution >= 4 is 28.5 Å². The van der Waals surface area contributed by atoms with Crippen LogP contribution in [-0.4, -0.2) is 11.3 Å². The quantitative estimate of drug-likeness (QED) is 0.618. The van der Waals surface area contributed by atoms with Gasteiger partial charge in [-0.2, -0.15) is 0 Å². The number of hydrogen-bond acceptors (Lipinski definition) is 4. The second kappa shape index (κ2) is 5.06. The highest BCUT2D eigenvalue weighted by Crippen LogP contribution is 2.46.